The van der Waals surface area contributed by atoms with Gasteiger partial charge in [0.1, 0.15) is 11.4 Å². The number of rotatable bonds is 6. The number of morpholine rings is 1. The van der Waals surface area contributed by atoms with Gasteiger partial charge in [0.25, 0.3) is 5.91 Å². The number of hydrogen-bond acceptors (Lipinski definition) is 7. The smallest absolute Gasteiger partial charge is 0.415 e. The Morgan fingerprint density at radius 3 is 2.56 bits per heavy atom. The molecule has 0 atom stereocenters. The van der Waals surface area contributed by atoms with Crippen LogP contribution in [-0.4, -0.2) is 53.8 Å². The number of carbonyl (C=O) groups excluding carboxylic acids is 1. The van der Waals surface area contributed by atoms with E-state index in [0.717, 1.165) is 12.3 Å². The molecule has 4 rings (SSSR count). The number of ether oxygens (including phenoxy) is 2. The van der Waals surface area contributed by atoms with Crippen molar-refractivity contribution >= 4 is 17.3 Å². The van der Waals surface area contributed by atoms with Crippen LogP contribution >= 0.6 is 0 Å². The molecule has 0 spiro atoms. The molecule has 0 radical (unpaired) electrons. The molecule has 1 saturated heterocycles. The van der Waals surface area contributed by atoms with Crippen molar-refractivity contribution in [1.29, 1.82) is 0 Å². The van der Waals surface area contributed by atoms with E-state index in [1.54, 1.807) is 19.1 Å². The van der Waals surface area contributed by atoms with Crippen LogP contribution in [-0.2, 0) is 10.9 Å². The zero-order valence-corrected chi connectivity index (χ0v) is 18.9. The summed E-state index contributed by atoms with van der Waals surface area (Å²) in [6.45, 7) is 0.360. The molecule has 0 aromatic carbocycles. The number of aryl methyl sites for hydroxylation is 1. The third-order valence-electron chi connectivity index (χ3n) is 5.35. The lowest BCUT2D eigenvalue weighted by atomic mass is 10.0. The van der Waals surface area contributed by atoms with Crippen LogP contribution in [0, 0.1) is 6.92 Å². The van der Waals surface area contributed by atoms with Gasteiger partial charge in [0.2, 0.25) is 5.88 Å². The number of aromatic nitrogens is 3. The number of alkyl halides is 5. The first-order chi connectivity index (χ1) is 17.1. The summed E-state index contributed by atoms with van der Waals surface area (Å²) >= 11 is 0. The van der Waals surface area contributed by atoms with Crippen LogP contribution in [0.15, 0.2) is 42.9 Å². The number of hydrogen-bond donors (Lipinski definition) is 1. The molecule has 0 aliphatic carbocycles. The van der Waals surface area contributed by atoms with Crippen molar-refractivity contribution in [3.63, 3.8) is 0 Å². The van der Waals surface area contributed by atoms with Gasteiger partial charge in [-0.1, -0.05) is 0 Å². The quantitative estimate of drug-likeness (QED) is 0.488. The van der Waals surface area contributed by atoms with Gasteiger partial charge < -0.3 is 19.7 Å². The highest BCUT2D eigenvalue weighted by Gasteiger charge is 2.33. The summed E-state index contributed by atoms with van der Waals surface area (Å²) in [5.41, 5.74) is 0.739. The van der Waals surface area contributed by atoms with Crippen molar-refractivity contribution in [1.82, 2.24) is 15.0 Å². The fraction of sp³-hybridized carbons (Fsp3) is 0.304. The molecule has 0 unspecified atom stereocenters. The number of carbonyl (C=O) groups is 1. The third-order valence-corrected chi connectivity index (χ3v) is 5.35. The minimum atomic E-state index is -4.69. The number of nitrogens with one attached hydrogen (secondary N) is 1. The SMILES string of the molecule is Cc1ncc(NC(=O)c2ccnc(C(F)(F)F)c2)cc1-c1cnc(OC(F)F)c(N2CCOCC2)c1. The van der Waals surface area contributed by atoms with Gasteiger partial charge in [-0.15, -0.1) is 0 Å². The zero-order chi connectivity index (χ0) is 25.9. The molecule has 1 fully saturated rings. The fourth-order valence-corrected chi connectivity index (χ4v) is 3.62. The molecule has 3 aromatic heterocycles. The van der Waals surface area contributed by atoms with E-state index in [2.05, 4.69) is 25.0 Å². The Kier molecular flexibility index (Phi) is 7.29. The van der Waals surface area contributed by atoms with Crippen LogP contribution in [0.4, 0.5) is 33.3 Å². The van der Waals surface area contributed by atoms with E-state index in [1.165, 1.54) is 12.4 Å². The summed E-state index contributed by atoms with van der Waals surface area (Å²) in [5, 5.41) is 2.52. The molecule has 1 N–H and O–H groups in total. The highest BCUT2D eigenvalue weighted by Crippen LogP contribution is 2.34. The molecule has 3 aromatic rings. The van der Waals surface area contributed by atoms with Gasteiger partial charge in [-0.3, -0.25) is 14.8 Å². The average Bonchev–Trinajstić information content (AvgIpc) is 2.85. The first kappa shape index (κ1) is 25.2. The van der Waals surface area contributed by atoms with Gasteiger partial charge in [-0.25, -0.2) is 4.98 Å². The molecular weight excluding hydrogens is 489 g/mol. The minimum absolute atomic E-state index is 0.215. The van der Waals surface area contributed by atoms with Gasteiger partial charge in [0, 0.05) is 47.9 Å². The normalized spacial score (nSPS) is 14.1. The van der Waals surface area contributed by atoms with Crippen molar-refractivity contribution in [2.24, 2.45) is 0 Å². The molecule has 4 heterocycles. The summed E-state index contributed by atoms with van der Waals surface area (Å²) in [4.78, 5) is 26.0. The van der Waals surface area contributed by atoms with Gasteiger partial charge in [-0.2, -0.15) is 22.0 Å². The number of halogens is 5. The Bertz CT molecular complexity index is 1250. The maximum absolute atomic E-state index is 12.9. The molecule has 1 amide bonds. The highest BCUT2D eigenvalue weighted by atomic mass is 19.4. The van der Waals surface area contributed by atoms with Crippen molar-refractivity contribution in [3.05, 3.63) is 59.8 Å². The van der Waals surface area contributed by atoms with Crippen LogP contribution in [0.1, 0.15) is 21.7 Å². The summed E-state index contributed by atoms with van der Waals surface area (Å²) < 4.78 is 74.6. The van der Waals surface area contributed by atoms with E-state index < -0.39 is 24.4 Å². The standard InChI is InChI=1S/C23H20F5N5O3/c1-13-17(15-8-18(33-4-6-35-7-5-33)21(31-11-15)36-22(24)25)10-16(12-30-13)32-20(34)14-2-3-29-19(9-14)23(26,27)28/h2-3,8-12,22H,4-7H2,1H3,(H,32,34). The molecule has 8 nitrogen and oxygen atoms in total. The Morgan fingerprint density at radius 2 is 1.86 bits per heavy atom. The predicted octanol–water partition coefficient (Wildman–Crippen LogP) is 4.56. The van der Waals surface area contributed by atoms with Gasteiger partial charge in [-0.05, 0) is 31.2 Å². The number of pyridine rings is 3. The van der Waals surface area contributed by atoms with Gasteiger partial charge in [0.05, 0.1) is 25.1 Å². The molecule has 13 heteroatoms. The summed E-state index contributed by atoms with van der Waals surface area (Å²) in [6.07, 6.45) is -1.10. The molecule has 0 saturated carbocycles. The van der Waals surface area contributed by atoms with Crippen molar-refractivity contribution in [2.75, 3.05) is 36.5 Å². The monoisotopic (exact) mass is 509 g/mol. The first-order valence-electron chi connectivity index (χ1n) is 10.7. The lowest BCUT2D eigenvalue weighted by Gasteiger charge is -2.30. The summed E-state index contributed by atoms with van der Waals surface area (Å²) in [5.74, 6) is -1.02. The van der Waals surface area contributed by atoms with E-state index in [9.17, 15) is 26.7 Å². The van der Waals surface area contributed by atoms with Crippen LogP contribution in [0.25, 0.3) is 11.1 Å². The second kappa shape index (κ2) is 10.4. The van der Waals surface area contributed by atoms with E-state index in [1.807, 2.05) is 4.90 Å². The number of anilines is 2. The second-order valence-electron chi connectivity index (χ2n) is 7.76. The van der Waals surface area contributed by atoms with Crippen molar-refractivity contribution in [3.8, 4) is 17.0 Å². The molecule has 190 valence electrons. The lowest BCUT2D eigenvalue weighted by molar-refractivity contribution is -0.141. The molecule has 1 aliphatic heterocycles. The van der Waals surface area contributed by atoms with Crippen molar-refractivity contribution in [2.45, 2.75) is 19.7 Å². The highest BCUT2D eigenvalue weighted by molar-refractivity contribution is 6.04. The van der Waals surface area contributed by atoms with Crippen LogP contribution in [0.3, 0.4) is 0 Å². The van der Waals surface area contributed by atoms with E-state index in [4.69, 9.17) is 4.74 Å². The summed E-state index contributed by atoms with van der Waals surface area (Å²) in [6, 6.07) is 5.01. The number of amides is 1. The van der Waals surface area contributed by atoms with E-state index in [-0.39, 0.29) is 17.1 Å². The van der Waals surface area contributed by atoms with Gasteiger partial charge in [0.15, 0.2) is 0 Å². The van der Waals surface area contributed by atoms with Crippen LogP contribution in [0.2, 0.25) is 0 Å². The molecular formula is C23H20F5N5O3. The van der Waals surface area contributed by atoms with E-state index in [0.29, 0.717) is 54.9 Å². The lowest BCUT2D eigenvalue weighted by Crippen LogP contribution is -2.36. The second-order valence-corrected chi connectivity index (χ2v) is 7.76. The topological polar surface area (TPSA) is 89.5 Å². The minimum Gasteiger partial charge on any atom is -0.415 e. The Labute approximate surface area is 202 Å². The predicted molar refractivity (Wildman–Crippen MR) is 119 cm³/mol. The maximum Gasteiger partial charge on any atom is 0.433 e. The number of nitrogens with zero attached hydrogens (tertiary/aromatic N) is 4. The largest absolute Gasteiger partial charge is 0.433 e. The fourth-order valence-electron chi connectivity index (χ4n) is 3.62. The maximum atomic E-state index is 12.9. The van der Waals surface area contributed by atoms with Crippen LogP contribution in [0.5, 0.6) is 5.88 Å². The zero-order valence-electron chi connectivity index (χ0n) is 18.9. The van der Waals surface area contributed by atoms with E-state index >= 15 is 0 Å². The first-order valence-corrected chi connectivity index (χ1v) is 10.7. The molecule has 1 aliphatic rings. The summed E-state index contributed by atoms with van der Waals surface area (Å²) in [7, 11) is 0. The van der Waals surface area contributed by atoms with Gasteiger partial charge >= 0.3 is 12.8 Å². The Morgan fingerprint density at radius 1 is 1.11 bits per heavy atom. The molecule has 36 heavy (non-hydrogen) atoms. The average molecular weight is 509 g/mol. The Hall–Kier alpha value is -3.87. The van der Waals surface area contributed by atoms with Crippen molar-refractivity contribution < 1.29 is 36.2 Å². The Balaban J connectivity index is 1.64. The van der Waals surface area contributed by atoms with Crippen LogP contribution < -0.4 is 15.0 Å². The third kappa shape index (κ3) is 5.85. The molecule has 0 bridgehead atoms.